The van der Waals surface area contributed by atoms with Crippen LogP contribution in [0.5, 0.6) is 5.75 Å². The maximum atomic E-state index is 6.45. The predicted octanol–water partition coefficient (Wildman–Crippen LogP) is 4.34. The van der Waals surface area contributed by atoms with Gasteiger partial charge in [-0.25, -0.2) is 0 Å². The fourth-order valence-electron chi connectivity index (χ4n) is 2.06. The van der Waals surface area contributed by atoms with Crippen LogP contribution in [-0.4, -0.2) is 6.61 Å². The van der Waals surface area contributed by atoms with Crippen molar-refractivity contribution in [2.24, 2.45) is 5.41 Å². The van der Waals surface area contributed by atoms with Crippen LogP contribution in [0.1, 0.15) is 43.7 Å². The molecule has 88 valence electrons. The van der Waals surface area contributed by atoms with Gasteiger partial charge in [0.2, 0.25) is 0 Å². The maximum absolute atomic E-state index is 6.45. The summed E-state index contributed by atoms with van der Waals surface area (Å²) in [7, 11) is 0. The van der Waals surface area contributed by atoms with Gasteiger partial charge in [0, 0.05) is 6.42 Å². The lowest BCUT2D eigenvalue weighted by Crippen LogP contribution is -2.08. The molecule has 0 bridgehead atoms. The summed E-state index contributed by atoms with van der Waals surface area (Å²) in [5.41, 5.74) is 2.79. The Hall–Kier alpha value is -0.690. The van der Waals surface area contributed by atoms with Crippen molar-refractivity contribution in [3.63, 3.8) is 0 Å². The molecule has 0 amide bonds. The molecule has 0 fully saturated rings. The molecular formula is C14H19ClO. The number of benzene rings is 1. The summed E-state index contributed by atoms with van der Waals surface area (Å²) in [4.78, 5) is 0. The van der Waals surface area contributed by atoms with Gasteiger partial charge in [0.1, 0.15) is 5.75 Å². The fraction of sp³-hybridized carbons (Fsp3) is 0.571. The molecule has 1 aromatic carbocycles. The van der Waals surface area contributed by atoms with Crippen molar-refractivity contribution in [2.75, 3.05) is 6.61 Å². The molecule has 0 N–H and O–H groups in total. The predicted molar refractivity (Wildman–Crippen MR) is 68.3 cm³/mol. The SMILES string of the molecule is CC(C)(C)CC(Cl)c1ccc2c(c1)CCO2. The minimum Gasteiger partial charge on any atom is -0.493 e. The number of alkyl halides is 1. The Bertz CT molecular complexity index is 379. The number of ether oxygens (including phenoxy) is 1. The van der Waals surface area contributed by atoms with Gasteiger partial charge < -0.3 is 4.74 Å². The van der Waals surface area contributed by atoms with E-state index >= 15 is 0 Å². The van der Waals surface area contributed by atoms with E-state index in [2.05, 4.69) is 39.0 Å². The molecule has 1 nitrogen and oxygen atoms in total. The third kappa shape index (κ3) is 2.70. The molecule has 0 spiro atoms. The number of fused-ring (bicyclic) bond motifs is 1. The molecule has 1 aliphatic heterocycles. The Labute approximate surface area is 103 Å². The molecule has 1 atom stereocenters. The normalized spacial score (nSPS) is 16.8. The first-order valence-electron chi connectivity index (χ1n) is 5.85. The van der Waals surface area contributed by atoms with Crippen LogP contribution in [0.2, 0.25) is 0 Å². The summed E-state index contributed by atoms with van der Waals surface area (Å²) in [6, 6.07) is 6.34. The van der Waals surface area contributed by atoms with Crippen LogP contribution in [0, 0.1) is 5.41 Å². The fourth-order valence-corrected chi connectivity index (χ4v) is 2.66. The van der Waals surface area contributed by atoms with Gasteiger partial charge in [0.05, 0.1) is 12.0 Å². The molecule has 0 saturated carbocycles. The summed E-state index contributed by atoms with van der Waals surface area (Å²) < 4.78 is 5.49. The van der Waals surface area contributed by atoms with E-state index in [0.717, 1.165) is 25.2 Å². The van der Waals surface area contributed by atoms with E-state index in [9.17, 15) is 0 Å². The molecule has 16 heavy (non-hydrogen) atoms. The van der Waals surface area contributed by atoms with Gasteiger partial charge in [-0.1, -0.05) is 32.9 Å². The van der Waals surface area contributed by atoms with E-state index in [-0.39, 0.29) is 10.8 Å². The van der Waals surface area contributed by atoms with E-state index in [0.29, 0.717) is 0 Å². The number of halogens is 1. The molecule has 2 rings (SSSR count). The minimum absolute atomic E-state index is 0.103. The summed E-state index contributed by atoms with van der Waals surface area (Å²) in [5, 5.41) is 0.103. The highest BCUT2D eigenvalue weighted by Gasteiger charge is 2.20. The van der Waals surface area contributed by atoms with Crippen molar-refractivity contribution in [1.29, 1.82) is 0 Å². The topological polar surface area (TPSA) is 9.23 Å². The van der Waals surface area contributed by atoms with Crippen LogP contribution in [0.15, 0.2) is 18.2 Å². The van der Waals surface area contributed by atoms with Crippen molar-refractivity contribution in [1.82, 2.24) is 0 Å². The van der Waals surface area contributed by atoms with Crippen molar-refractivity contribution in [2.45, 2.75) is 39.0 Å². The van der Waals surface area contributed by atoms with Crippen molar-refractivity contribution in [3.05, 3.63) is 29.3 Å². The first kappa shape index (κ1) is 11.8. The van der Waals surface area contributed by atoms with Crippen molar-refractivity contribution >= 4 is 11.6 Å². The van der Waals surface area contributed by atoms with Crippen molar-refractivity contribution < 1.29 is 4.74 Å². The summed E-state index contributed by atoms with van der Waals surface area (Å²) >= 11 is 6.45. The second-order valence-electron chi connectivity index (χ2n) is 5.70. The molecular weight excluding hydrogens is 220 g/mol. The van der Waals surface area contributed by atoms with E-state index in [1.807, 2.05) is 0 Å². The highest BCUT2D eigenvalue weighted by Crippen LogP contribution is 2.36. The van der Waals surface area contributed by atoms with Crippen LogP contribution in [0.4, 0.5) is 0 Å². The van der Waals surface area contributed by atoms with E-state index < -0.39 is 0 Å². The van der Waals surface area contributed by atoms with Gasteiger partial charge in [0.15, 0.2) is 0 Å². The first-order valence-corrected chi connectivity index (χ1v) is 6.29. The third-order valence-electron chi connectivity index (χ3n) is 2.87. The Morgan fingerprint density at radius 3 is 2.81 bits per heavy atom. The van der Waals surface area contributed by atoms with Crippen molar-refractivity contribution in [3.8, 4) is 5.75 Å². The molecule has 1 heterocycles. The lowest BCUT2D eigenvalue weighted by atomic mass is 9.88. The third-order valence-corrected chi connectivity index (χ3v) is 3.27. The van der Waals surface area contributed by atoms with Gasteiger partial charge in [-0.3, -0.25) is 0 Å². The maximum Gasteiger partial charge on any atom is 0.122 e. The molecule has 1 aliphatic rings. The molecule has 1 aromatic rings. The number of hydrogen-bond donors (Lipinski definition) is 0. The standard InChI is InChI=1S/C14H19ClO/c1-14(2,3)9-12(15)10-4-5-13-11(8-10)6-7-16-13/h4-5,8,12H,6-7,9H2,1-3H3. The van der Waals surface area contributed by atoms with Crippen LogP contribution in [0.25, 0.3) is 0 Å². The average Bonchev–Trinajstić information content (AvgIpc) is 2.61. The van der Waals surface area contributed by atoms with Crippen LogP contribution in [-0.2, 0) is 6.42 Å². The van der Waals surface area contributed by atoms with E-state index in [1.54, 1.807) is 0 Å². The molecule has 2 heteroatoms. The molecule has 0 aromatic heterocycles. The quantitative estimate of drug-likeness (QED) is 0.697. The molecule has 0 aliphatic carbocycles. The van der Waals surface area contributed by atoms with Crippen LogP contribution in [0.3, 0.4) is 0 Å². The minimum atomic E-state index is 0.103. The highest BCUT2D eigenvalue weighted by atomic mass is 35.5. The van der Waals surface area contributed by atoms with E-state index in [1.165, 1.54) is 11.1 Å². The van der Waals surface area contributed by atoms with Crippen LogP contribution < -0.4 is 4.74 Å². The Balaban J connectivity index is 2.15. The molecule has 0 saturated heterocycles. The zero-order chi connectivity index (χ0) is 11.8. The van der Waals surface area contributed by atoms with Gasteiger partial charge in [-0.2, -0.15) is 0 Å². The largest absolute Gasteiger partial charge is 0.493 e. The molecule has 0 radical (unpaired) electrons. The zero-order valence-electron chi connectivity index (χ0n) is 10.2. The summed E-state index contributed by atoms with van der Waals surface area (Å²) in [5.74, 6) is 1.03. The summed E-state index contributed by atoms with van der Waals surface area (Å²) in [6.07, 6.45) is 2.01. The van der Waals surface area contributed by atoms with Gasteiger partial charge in [0.25, 0.3) is 0 Å². The van der Waals surface area contributed by atoms with Crippen LogP contribution >= 0.6 is 11.6 Å². The number of hydrogen-bond acceptors (Lipinski definition) is 1. The lowest BCUT2D eigenvalue weighted by molar-refractivity contribution is 0.356. The Morgan fingerprint density at radius 1 is 1.38 bits per heavy atom. The summed E-state index contributed by atoms with van der Waals surface area (Å²) in [6.45, 7) is 7.47. The second-order valence-corrected chi connectivity index (χ2v) is 6.22. The van der Waals surface area contributed by atoms with Gasteiger partial charge in [-0.05, 0) is 29.0 Å². The average molecular weight is 239 g/mol. The molecule has 1 unspecified atom stereocenters. The van der Waals surface area contributed by atoms with Gasteiger partial charge in [-0.15, -0.1) is 11.6 Å². The Kier molecular flexibility index (Phi) is 3.16. The highest BCUT2D eigenvalue weighted by molar-refractivity contribution is 6.20. The van der Waals surface area contributed by atoms with Gasteiger partial charge >= 0.3 is 0 Å². The number of rotatable bonds is 2. The smallest absolute Gasteiger partial charge is 0.122 e. The zero-order valence-corrected chi connectivity index (χ0v) is 11.0. The first-order chi connectivity index (χ1) is 7.46. The lowest BCUT2D eigenvalue weighted by Gasteiger charge is -2.22. The Morgan fingerprint density at radius 2 is 2.12 bits per heavy atom. The monoisotopic (exact) mass is 238 g/mol. The second kappa shape index (κ2) is 4.29. The van der Waals surface area contributed by atoms with E-state index in [4.69, 9.17) is 16.3 Å².